The monoisotopic (exact) mass is 269 g/mol. The SMILES string of the molecule is COc1ccccc1CNC(c1ccccc1)C(C)C. The van der Waals surface area contributed by atoms with E-state index in [1.165, 1.54) is 11.1 Å². The topological polar surface area (TPSA) is 21.3 Å². The van der Waals surface area contributed by atoms with Crippen LogP contribution in [-0.2, 0) is 6.54 Å². The summed E-state index contributed by atoms with van der Waals surface area (Å²) >= 11 is 0. The zero-order valence-corrected chi connectivity index (χ0v) is 12.5. The highest BCUT2D eigenvalue weighted by Crippen LogP contribution is 2.23. The molecule has 2 rings (SSSR count). The van der Waals surface area contributed by atoms with Crippen molar-refractivity contribution in [2.75, 3.05) is 7.11 Å². The predicted molar refractivity (Wildman–Crippen MR) is 83.9 cm³/mol. The van der Waals surface area contributed by atoms with Crippen LogP contribution in [0.3, 0.4) is 0 Å². The van der Waals surface area contributed by atoms with Crippen molar-refractivity contribution in [2.24, 2.45) is 5.92 Å². The van der Waals surface area contributed by atoms with Crippen molar-refractivity contribution in [3.05, 3.63) is 65.7 Å². The first-order chi connectivity index (χ1) is 9.72. The molecule has 20 heavy (non-hydrogen) atoms. The fourth-order valence-corrected chi connectivity index (χ4v) is 2.47. The Labute approximate surface area is 121 Å². The molecule has 0 saturated carbocycles. The van der Waals surface area contributed by atoms with E-state index in [-0.39, 0.29) is 0 Å². The van der Waals surface area contributed by atoms with Crippen LogP contribution in [0.2, 0.25) is 0 Å². The van der Waals surface area contributed by atoms with E-state index in [2.05, 4.69) is 55.6 Å². The molecular formula is C18H23NO. The van der Waals surface area contributed by atoms with Crippen molar-refractivity contribution in [3.8, 4) is 5.75 Å². The lowest BCUT2D eigenvalue weighted by atomic mass is 9.96. The second-order valence-corrected chi connectivity index (χ2v) is 5.33. The van der Waals surface area contributed by atoms with Crippen LogP contribution in [0.4, 0.5) is 0 Å². The Bertz CT molecular complexity index is 522. The maximum absolute atomic E-state index is 5.40. The Morgan fingerprint density at radius 2 is 1.60 bits per heavy atom. The van der Waals surface area contributed by atoms with Crippen LogP contribution < -0.4 is 10.1 Å². The fourth-order valence-electron chi connectivity index (χ4n) is 2.47. The van der Waals surface area contributed by atoms with Gasteiger partial charge < -0.3 is 10.1 Å². The molecule has 0 amide bonds. The Balaban J connectivity index is 2.10. The molecule has 1 atom stereocenters. The summed E-state index contributed by atoms with van der Waals surface area (Å²) in [5.41, 5.74) is 2.52. The Hall–Kier alpha value is -1.80. The third-order valence-electron chi connectivity index (χ3n) is 3.53. The van der Waals surface area contributed by atoms with Gasteiger partial charge in [-0.05, 0) is 17.5 Å². The van der Waals surface area contributed by atoms with Gasteiger partial charge in [-0.15, -0.1) is 0 Å². The summed E-state index contributed by atoms with van der Waals surface area (Å²) in [6, 6.07) is 19.1. The fraction of sp³-hybridized carbons (Fsp3) is 0.333. The molecule has 2 aromatic rings. The van der Waals surface area contributed by atoms with Crippen LogP contribution in [0.1, 0.15) is 31.0 Å². The van der Waals surface area contributed by atoms with Gasteiger partial charge in [0.05, 0.1) is 7.11 Å². The highest BCUT2D eigenvalue weighted by Gasteiger charge is 2.15. The third kappa shape index (κ3) is 3.61. The molecule has 2 aromatic carbocycles. The molecule has 0 aliphatic heterocycles. The van der Waals surface area contributed by atoms with E-state index in [0.29, 0.717) is 12.0 Å². The number of ether oxygens (including phenoxy) is 1. The van der Waals surface area contributed by atoms with Gasteiger partial charge in [0.25, 0.3) is 0 Å². The second-order valence-electron chi connectivity index (χ2n) is 5.33. The van der Waals surface area contributed by atoms with Gasteiger partial charge in [-0.2, -0.15) is 0 Å². The minimum Gasteiger partial charge on any atom is -0.496 e. The molecule has 2 nitrogen and oxygen atoms in total. The van der Waals surface area contributed by atoms with Gasteiger partial charge in [0.2, 0.25) is 0 Å². The van der Waals surface area contributed by atoms with E-state index in [0.717, 1.165) is 12.3 Å². The third-order valence-corrected chi connectivity index (χ3v) is 3.53. The van der Waals surface area contributed by atoms with Crippen molar-refractivity contribution in [2.45, 2.75) is 26.4 Å². The molecule has 0 bridgehead atoms. The quantitative estimate of drug-likeness (QED) is 0.849. The number of rotatable bonds is 6. The highest BCUT2D eigenvalue weighted by molar-refractivity contribution is 5.33. The van der Waals surface area contributed by atoms with Gasteiger partial charge in [0.1, 0.15) is 5.75 Å². The molecule has 0 aliphatic carbocycles. The lowest BCUT2D eigenvalue weighted by Crippen LogP contribution is -2.25. The molecular weight excluding hydrogens is 246 g/mol. The van der Waals surface area contributed by atoms with Gasteiger partial charge in [-0.1, -0.05) is 62.4 Å². The summed E-state index contributed by atoms with van der Waals surface area (Å²) in [6.45, 7) is 5.29. The molecule has 0 radical (unpaired) electrons. The van der Waals surface area contributed by atoms with Crippen molar-refractivity contribution in [3.63, 3.8) is 0 Å². The van der Waals surface area contributed by atoms with Crippen LogP contribution >= 0.6 is 0 Å². The molecule has 0 aromatic heterocycles. The molecule has 106 valence electrons. The second kappa shape index (κ2) is 7.11. The molecule has 1 unspecified atom stereocenters. The zero-order valence-electron chi connectivity index (χ0n) is 12.5. The van der Waals surface area contributed by atoms with Gasteiger partial charge in [0, 0.05) is 18.2 Å². The van der Waals surface area contributed by atoms with Crippen LogP contribution in [0, 0.1) is 5.92 Å². The predicted octanol–water partition coefficient (Wildman–Crippen LogP) is 4.18. The number of methoxy groups -OCH3 is 1. The minimum absolute atomic E-state index is 0.348. The summed E-state index contributed by atoms with van der Waals surface area (Å²) < 4.78 is 5.40. The molecule has 0 saturated heterocycles. The van der Waals surface area contributed by atoms with E-state index < -0.39 is 0 Å². The summed E-state index contributed by atoms with van der Waals surface area (Å²) in [5, 5.41) is 3.65. The number of para-hydroxylation sites is 1. The summed E-state index contributed by atoms with van der Waals surface area (Å²) in [4.78, 5) is 0. The zero-order chi connectivity index (χ0) is 14.4. The van der Waals surface area contributed by atoms with E-state index in [1.54, 1.807) is 7.11 Å². The first-order valence-corrected chi connectivity index (χ1v) is 7.12. The Morgan fingerprint density at radius 1 is 0.950 bits per heavy atom. The van der Waals surface area contributed by atoms with E-state index in [9.17, 15) is 0 Å². The van der Waals surface area contributed by atoms with Crippen LogP contribution in [0.15, 0.2) is 54.6 Å². The molecule has 0 heterocycles. The van der Waals surface area contributed by atoms with E-state index in [1.807, 2.05) is 18.2 Å². The molecule has 0 fully saturated rings. The smallest absolute Gasteiger partial charge is 0.123 e. The average molecular weight is 269 g/mol. The van der Waals surface area contributed by atoms with Crippen LogP contribution in [0.5, 0.6) is 5.75 Å². The molecule has 2 heteroatoms. The number of hydrogen-bond acceptors (Lipinski definition) is 2. The van der Waals surface area contributed by atoms with Gasteiger partial charge in [-0.25, -0.2) is 0 Å². The molecule has 0 aliphatic rings. The number of nitrogens with one attached hydrogen (secondary N) is 1. The van der Waals surface area contributed by atoms with E-state index in [4.69, 9.17) is 4.74 Å². The van der Waals surface area contributed by atoms with Crippen LogP contribution in [-0.4, -0.2) is 7.11 Å². The molecule has 1 N–H and O–H groups in total. The maximum atomic E-state index is 5.40. The Kier molecular flexibility index (Phi) is 5.19. The minimum atomic E-state index is 0.348. The first-order valence-electron chi connectivity index (χ1n) is 7.12. The maximum Gasteiger partial charge on any atom is 0.123 e. The molecule has 0 spiro atoms. The van der Waals surface area contributed by atoms with Crippen molar-refractivity contribution >= 4 is 0 Å². The van der Waals surface area contributed by atoms with Crippen LogP contribution in [0.25, 0.3) is 0 Å². The summed E-state index contributed by atoms with van der Waals surface area (Å²) in [6.07, 6.45) is 0. The number of hydrogen-bond donors (Lipinski definition) is 1. The number of benzene rings is 2. The van der Waals surface area contributed by atoms with E-state index >= 15 is 0 Å². The summed E-state index contributed by atoms with van der Waals surface area (Å²) in [7, 11) is 1.72. The van der Waals surface area contributed by atoms with Gasteiger partial charge in [-0.3, -0.25) is 0 Å². The average Bonchev–Trinajstić information content (AvgIpc) is 2.48. The largest absolute Gasteiger partial charge is 0.496 e. The van der Waals surface area contributed by atoms with Crippen molar-refractivity contribution in [1.82, 2.24) is 5.32 Å². The van der Waals surface area contributed by atoms with Crippen molar-refractivity contribution in [1.29, 1.82) is 0 Å². The normalized spacial score (nSPS) is 12.4. The highest BCUT2D eigenvalue weighted by atomic mass is 16.5. The van der Waals surface area contributed by atoms with Gasteiger partial charge >= 0.3 is 0 Å². The standard InChI is InChI=1S/C18H23NO/c1-14(2)18(15-9-5-4-6-10-15)19-13-16-11-7-8-12-17(16)20-3/h4-12,14,18-19H,13H2,1-3H3. The van der Waals surface area contributed by atoms with Crippen molar-refractivity contribution < 1.29 is 4.74 Å². The first kappa shape index (κ1) is 14.6. The summed E-state index contributed by atoms with van der Waals surface area (Å²) in [5.74, 6) is 1.47. The van der Waals surface area contributed by atoms with Gasteiger partial charge in [0.15, 0.2) is 0 Å². The Morgan fingerprint density at radius 3 is 2.25 bits per heavy atom. The lowest BCUT2D eigenvalue weighted by molar-refractivity contribution is 0.389. The lowest BCUT2D eigenvalue weighted by Gasteiger charge is -2.23.